The second kappa shape index (κ2) is 7.13. The summed E-state index contributed by atoms with van der Waals surface area (Å²) in [4.78, 5) is 13.9. The quantitative estimate of drug-likeness (QED) is 0.756. The smallest absolute Gasteiger partial charge is 0.220 e. The van der Waals surface area contributed by atoms with Crippen molar-refractivity contribution in [2.24, 2.45) is 5.92 Å². The van der Waals surface area contributed by atoms with Crippen LogP contribution in [0.3, 0.4) is 0 Å². The number of hydrogen-bond donors (Lipinski definition) is 0. The van der Waals surface area contributed by atoms with Crippen molar-refractivity contribution in [2.75, 3.05) is 27.3 Å². The summed E-state index contributed by atoms with van der Waals surface area (Å²) < 4.78 is 23.6. The molecule has 25 heavy (non-hydrogen) atoms. The largest absolute Gasteiger partial charge is 0.349 e. The molecule has 6 heteroatoms. The average Bonchev–Trinajstić information content (AvgIpc) is 2.63. The molecular formula is C19H27NO5. The van der Waals surface area contributed by atoms with Gasteiger partial charge in [-0.1, -0.05) is 30.3 Å². The molecule has 6 nitrogen and oxygen atoms in total. The molecule has 0 N–H and O–H groups in total. The Morgan fingerprint density at radius 1 is 1.12 bits per heavy atom. The van der Waals surface area contributed by atoms with E-state index in [2.05, 4.69) is 17.0 Å². The zero-order valence-electron chi connectivity index (χ0n) is 15.3. The second-order valence-electron chi connectivity index (χ2n) is 7.02. The van der Waals surface area contributed by atoms with Crippen LogP contribution < -0.4 is 0 Å². The van der Waals surface area contributed by atoms with Gasteiger partial charge in [-0.3, -0.25) is 4.90 Å². The van der Waals surface area contributed by atoms with Crippen molar-refractivity contribution in [1.29, 1.82) is 0 Å². The SMILES string of the molecule is CO[C@@]1(C)O[C@@H]2[C@@H](C=O)CN(Cc3ccccc3)C[C@H]2O[C@]1(C)OC. The monoisotopic (exact) mass is 349 g/mol. The molecule has 1 aromatic carbocycles. The van der Waals surface area contributed by atoms with E-state index in [1.54, 1.807) is 28.1 Å². The van der Waals surface area contributed by atoms with E-state index in [4.69, 9.17) is 18.9 Å². The number of likely N-dealkylation sites (tertiary alicyclic amines) is 1. The van der Waals surface area contributed by atoms with E-state index >= 15 is 0 Å². The van der Waals surface area contributed by atoms with Gasteiger partial charge in [0, 0.05) is 33.9 Å². The Morgan fingerprint density at radius 3 is 2.36 bits per heavy atom. The lowest BCUT2D eigenvalue weighted by atomic mass is 9.90. The molecule has 2 aliphatic heterocycles. The summed E-state index contributed by atoms with van der Waals surface area (Å²) in [5, 5.41) is 0. The molecule has 1 aromatic rings. The molecule has 0 amide bonds. The van der Waals surface area contributed by atoms with Crippen LogP contribution in [0.5, 0.6) is 0 Å². The number of hydrogen-bond acceptors (Lipinski definition) is 6. The van der Waals surface area contributed by atoms with Crippen LogP contribution in [0.4, 0.5) is 0 Å². The molecule has 0 radical (unpaired) electrons. The first kappa shape index (κ1) is 18.5. The molecule has 0 unspecified atom stereocenters. The summed E-state index contributed by atoms with van der Waals surface area (Å²) >= 11 is 0. The van der Waals surface area contributed by atoms with E-state index in [1.165, 1.54) is 5.56 Å². The highest BCUT2D eigenvalue weighted by atomic mass is 16.8. The van der Waals surface area contributed by atoms with E-state index in [0.717, 1.165) is 12.8 Å². The van der Waals surface area contributed by atoms with Gasteiger partial charge in [0.25, 0.3) is 0 Å². The van der Waals surface area contributed by atoms with E-state index in [1.807, 2.05) is 18.2 Å². The van der Waals surface area contributed by atoms with Gasteiger partial charge in [0.1, 0.15) is 12.4 Å². The fraction of sp³-hybridized carbons (Fsp3) is 0.632. The van der Waals surface area contributed by atoms with Crippen molar-refractivity contribution in [3.05, 3.63) is 35.9 Å². The molecule has 138 valence electrons. The molecule has 0 aromatic heterocycles. The maximum Gasteiger partial charge on any atom is 0.220 e. The molecule has 5 atom stereocenters. The molecular weight excluding hydrogens is 322 g/mol. The van der Waals surface area contributed by atoms with Gasteiger partial charge >= 0.3 is 0 Å². The molecule has 0 spiro atoms. The molecule has 2 saturated heterocycles. The van der Waals surface area contributed by atoms with Crippen molar-refractivity contribution in [2.45, 2.75) is 44.2 Å². The first-order chi connectivity index (χ1) is 11.9. The van der Waals surface area contributed by atoms with E-state index in [9.17, 15) is 4.79 Å². The minimum absolute atomic E-state index is 0.263. The maximum atomic E-state index is 11.7. The van der Waals surface area contributed by atoms with E-state index in [-0.39, 0.29) is 18.1 Å². The number of carbonyl (C=O) groups is 1. The Balaban J connectivity index is 1.80. The van der Waals surface area contributed by atoms with Crippen LogP contribution in [0.25, 0.3) is 0 Å². The van der Waals surface area contributed by atoms with Gasteiger partial charge < -0.3 is 23.7 Å². The number of aldehydes is 1. The summed E-state index contributed by atoms with van der Waals surface area (Å²) in [5.41, 5.74) is 1.21. The second-order valence-corrected chi connectivity index (χ2v) is 7.02. The van der Waals surface area contributed by atoms with Crippen LogP contribution in [0, 0.1) is 5.92 Å². The highest BCUT2D eigenvalue weighted by Crippen LogP contribution is 2.42. The van der Waals surface area contributed by atoms with Gasteiger partial charge in [-0.25, -0.2) is 0 Å². The Bertz CT molecular complexity index is 597. The van der Waals surface area contributed by atoms with Gasteiger partial charge in [0.05, 0.1) is 12.0 Å². The van der Waals surface area contributed by atoms with Crippen molar-refractivity contribution in [3.63, 3.8) is 0 Å². The number of methoxy groups -OCH3 is 2. The van der Waals surface area contributed by atoms with Gasteiger partial charge in [-0.05, 0) is 19.4 Å². The number of fused-ring (bicyclic) bond motifs is 1. The van der Waals surface area contributed by atoms with E-state index < -0.39 is 11.6 Å². The van der Waals surface area contributed by atoms with Crippen molar-refractivity contribution >= 4 is 6.29 Å². The number of nitrogens with zero attached hydrogens (tertiary/aromatic N) is 1. The Labute approximate surface area is 149 Å². The maximum absolute atomic E-state index is 11.7. The van der Waals surface area contributed by atoms with E-state index in [0.29, 0.717) is 13.1 Å². The standard InChI is InChI=1S/C19H27NO5/c1-18(22-3)19(2,23-4)25-17-15(13-21)11-20(12-16(17)24-18)10-14-8-6-5-7-9-14/h5-9,13,15-17H,10-12H2,1-4H3/t15-,16-,17-,18+,19+/m1/s1. The Morgan fingerprint density at radius 2 is 1.76 bits per heavy atom. The summed E-state index contributed by atoms with van der Waals surface area (Å²) in [6.45, 7) is 5.65. The summed E-state index contributed by atoms with van der Waals surface area (Å²) in [6, 6.07) is 10.2. The zero-order chi connectivity index (χ0) is 18.1. The van der Waals surface area contributed by atoms with Crippen LogP contribution in [-0.2, 0) is 30.3 Å². The van der Waals surface area contributed by atoms with Gasteiger partial charge in [0.15, 0.2) is 0 Å². The molecule has 2 aliphatic rings. The lowest BCUT2D eigenvalue weighted by Gasteiger charge is -2.55. The number of rotatable bonds is 5. The molecule has 2 fully saturated rings. The van der Waals surface area contributed by atoms with Crippen molar-refractivity contribution in [3.8, 4) is 0 Å². The predicted octanol–water partition coefficient (Wildman–Crippen LogP) is 1.83. The minimum Gasteiger partial charge on any atom is -0.349 e. The van der Waals surface area contributed by atoms with Gasteiger partial charge in [-0.2, -0.15) is 0 Å². The summed E-state index contributed by atoms with van der Waals surface area (Å²) in [7, 11) is 3.13. The average molecular weight is 349 g/mol. The number of piperidine rings is 1. The molecule has 3 rings (SSSR count). The van der Waals surface area contributed by atoms with Crippen LogP contribution in [0.1, 0.15) is 19.4 Å². The number of ether oxygens (including phenoxy) is 4. The first-order valence-corrected chi connectivity index (χ1v) is 8.62. The predicted molar refractivity (Wildman–Crippen MR) is 91.8 cm³/mol. The number of benzene rings is 1. The fourth-order valence-corrected chi connectivity index (χ4v) is 3.70. The van der Waals surface area contributed by atoms with Crippen molar-refractivity contribution in [1.82, 2.24) is 4.90 Å². The third kappa shape index (κ3) is 3.37. The Hall–Kier alpha value is -1.31. The third-order valence-corrected chi connectivity index (χ3v) is 5.46. The molecule has 0 bridgehead atoms. The summed E-state index contributed by atoms with van der Waals surface area (Å²) in [5.74, 6) is -2.41. The highest BCUT2D eigenvalue weighted by molar-refractivity contribution is 5.55. The third-order valence-electron chi connectivity index (χ3n) is 5.46. The van der Waals surface area contributed by atoms with Gasteiger partial charge in [-0.15, -0.1) is 0 Å². The zero-order valence-corrected chi connectivity index (χ0v) is 15.3. The lowest BCUT2D eigenvalue weighted by molar-refractivity contribution is -0.455. The van der Waals surface area contributed by atoms with Crippen LogP contribution in [0.15, 0.2) is 30.3 Å². The summed E-state index contributed by atoms with van der Waals surface area (Å²) in [6.07, 6.45) is 0.350. The van der Waals surface area contributed by atoms with Crippen molar-refractivity contribution < 1.29 is 23.7 Å². The number of carbonyl (C=O) groups excluding carboxylic acids is 1. The molecule has 0 aliphatic carbocycles. The van der Waals surface area contributed by atoms with Gasteiger partial charge in [0.2, 0.25) is 11.6 Å². The first-order valence-electron chi connectivity index (χ1n) is 8.62. The lowest BCUT2D eigenvalue weighted by Crippen LogP contribution is -2.70. The fourth-order valence-electron chi connectivity index (χ4n) is 3.70. The normalized spacial score (nSPS) is 39.0. The Kier molecular flexibility index (Phi) is 5.27. The topological polar surface area (TPSA) is 57.2 Å². The van der Waals surface area contributed by atoms with Crippen LogP contribution in [-0.4, -0.2) is 62.3 Å². The highest BCUT2D eigenvalue weighted by Gasteiger charge is 2.59. The van der Waals surface area contributed by atoms with Crippen LogP contribution >= 0.6 is 0 Å². The van der Waals surface area contributed by atoms with Crippen LogP contribution in [0.2, 0.25) is 0 Å². The molecule has 2 heterocycles. The minimum atomic E-state index is -1.08. The molecule has 0 saturated carbocycles.